The molecular weight excluding hydrogens is 918 g/mol. The third kappa shape index (κ3) is 13.0. The molecule has 12 nitrogen and oxygen atoms in total. The Morgan fingerprint density at radius 2 is 1.66 bits per heavy atom. The lowest BCUT2D eigenvalue weighted by atomic mass is 9.85. The number of hydrogen-bond donors (Lipinski definition) is 4. The lowest BCUT2D eigenvalue weighted by molar-refractivity contribution is -0.144. The molecule has 0 unspecified atom stereocenters. The fourth-order valence-electron chi connectivity index (χ4n) is 9.76. The van der Waals surface area contributed by atoms with E-state index in [2.05, 4.69) is 20.6 Å². The average Bonchev–Trinajstić information content (AvgIpc) is 4.02. The topological polar surface area (TPSA) is 149 Å². The van der Waals surface area contributed by atoms with Gasteiger partial charge in [0.1, 0.15) is 41.7 Å². The molecule has 2 aromatic heterocycles. The minimum Gasteiger partial charge on any atom is -0.491 e. The highest BCUT2D eigenvalue weighted by Gasteiger charge is 2.45. The molecule has 7 rings (SSSR count). The summed E-state index contributed by atoms with van der Waals surface area (Å²) in [6, 6.07) is 15.2. The minimum atomic E-state index is -1.60. The molecule has 5 atom stereocenters. The van der Waals surface area contributed by atoms with Gasteiger partial charge in [0.05, 0.1) is 34.8 Å². The molecule has 0 bridgehead atoms. The van der Waals surface area contributed by atoms with Crippen LogP contribution in [0, 0.1) is 24.0 Å². The monoisotopic (exact) mass is 986 g/mol. The van der Waals surface area contributed by atoms with Gasteiger partial charge in [-0.25, -0.2) is 18.2 Å². The predicted octanol–water partition coefficient (Wildman–Crippen LogP) is 9.51. The second-order valence-corrected chi connectivity index (χ2v) is 21.5. The number of H-pyrrole nitrogens is 1. The molecule has 1 fully saturated rings. The van der Waals surface area contributed by atoms with Crippen LogP contribution in [0.25, 0.3) is 21.3 Å². The summed E-state index contributed by atoms with van der Waals surface area (Å²) in [6.07, 6.45) is 4.06. The summed E-state index contributed by atoms with van der Waals surface area (Å²) in [5, 5.41) is 17.4. The van der Waals surface area contributed by atoms with E-state index in [0.29, 0.717) is 25.1 Å². The summed E-state index contributed by atoms with van der Waals surface area (Å²) in [4.78, 5) is 52.7. The van der Waals surface area contributed by atoms with Crippen LogP contribution in [0.15, 0.2) is 66.2 Å². The maximum Gasteiger partial charge on any atom is 0.246 e. The highest BCUT2D eigenvalue weighted by molar-refractivity contribution is 7.13. The number of carbonyl (C=O) groups excluding carboxylic acids is 3. The van der Waals surface area contributed by atoms with Crippen molar-refractivity contribution in [1.82, 2.24) is 30.4 Å². The van der Waals surface area contributed by atoms with Gasteiger partial charge in [-0.3, -0.25) is 19.3 Å². The maximum atomic E-state index is 16.0. The van der Waals surface area contributed by atoms with E-state index < -0.39 is 52.9 Å². The molecule has 0 spiro atoms. The van der Waals surface area contributed by atoms with Gasteiger partial charge in [0.25, 0.3) is 0 Å². The largest absolute Gasteiger partial charge is 0.491 e. The van der Waals surface area contributed by atoms with E-state index in [0.717, 1.165) is 63.8 Å². The third-order valence-corrected chi connectivity index (χ3v) is 14.3. The third-order valence-electron chi connectivity index (χ3n) is 13.3. The smallest absolute Gasteiger partial charge is 0.246 e. The van der Waals surface area contributed by atoms with Crippen LogP contribution in [-0.2, 0) is 32.1 Å². The quantitative estimate of drug-likeness (QED) is 0.0532. The first-order valence-electron chi connectivity index (χ1n) is 24.6. The minimum absolute atomic E-state index is 0.00306. The molecular formula is C54H69F3N6O6S. The zero-order valence-corrected chi connectivity index (χ0v) is 42.3. The van der Waals surface area contributed by atoms with Crippen molar-refractivity contribution in [2.24, 2.45) is 5.41 Å². The number of alkyl halides is 1. The van der Waals surface area contributed by atoms with Gasteiger partial charge in [0.15, 0.2) is 0 Å². The van der Waals surface area contributed by atoms with Crippen molar-refractivity contribution in [2.75, 3.05) is 32.9 Å². The number of ether oxygens (including phenoxy) is 2. The first-order valence-corrected chi connectivity index (χ1v) is 25.5. The van der Waals surface area contributed by atoms with Crippen LogP contribution < -0.4 is 15.4 Å². The van der Waals surface area contributed by atoms with E-state index in [-0.39, 0.29) is 74.9 Å². The summed E-state index contributed by atoms with van der Waals surface area (Å²) in [6.45, 7) is 13.5. The number of aliphatic hydroxyl groups is 1. The number of aromatic amines is 1. The van der Waals surface area contributed by atoms with Crippen molar-refractivity contribution in [3.63, 3.8) is 0 Å². The number of aliphatic hydroxyl groups excluding tert-OH is 1. The highest BCUT2D eigenvalue weighted by Crippen LogP contribution is 2.44. The van der Waals surface area contributed by atoms with Gasteiger partial charge in [-0.1, -0.05) is 82.5 Å². The van der Waals surface area contributed by atoms with Crippen LogP contribution in [0.4, 0.5) is 13.2 Å². The number of likely N-dealkylation sites (tertiary alicyclic amines) is 1. The number of nitrogens with zero attached hydrogens (tertiary/aromatic N) is 3. The Bertz CT molecular complexity index is 2570. The number of amides is 3. The van der Waals surface area contributed by atoms with Gasteiger partial charge in [-0.2, -0.15) is 0 Å². The fraction of sp³-hybridized carbons (Fsp3) is 0.519. The lowest BCUT2D eigenvalue weighted by Gasteiger charge is -2.43. The number of halogens is 3. The number of carbonyl (C=O) groups is 3. The van der Waals surface area contributed by atoms with Gasteiger partial charge in [-0.15, -0.1) is 11.3 Å². The molecule has 0 radical (unpaired) electrons. The Kier molecular flexibility index (Phi) is 17.1. The second-order valence-electron chi connectivity index (χ2n) is 20.6. The molecule has 378 valence electrons. The molecule has 2 aliphatic heterocycles. The molecule has 2 aliphatic rings. The zero-order chi connectivity index (χ0) is 50.3. The normalized spacial score (nSPS) is 19.0. The Hall–Kier alpha value is -5.29. The number of para-hydroxylation sites is 1. The van der Waals surface area contributed by atoms with Gasteiger partial charge in [-0.05, 0) is 75.1 Å². The summed E-state index contributed by atoms with van der Waals surface area (Å²) in [7, 11) is 0. The van der Waals surface area contributed by atoms with E-state index in [1.165, 1.54) is 30.9 Å². The van der Waals surface area contributed by atoms with Crippen LogP contribution in [0.2, 0.25) is 0 Å². The SMILES string of the molecule is Cc1ncsc1-c1ccc(CNC(=O)[C@@H]2C[C@@H](O)CN2C(=O)[C@@H](NC(=O)CCCCCCCOCCOc2cc(F)c([C@@H]3c4[nH]c5ccccc5c4C[C@@H](C)N3CC(C)(C)F)c(F)c2)C(C)(C)C)cc1. The lowest BCUT2D eigenvalue weighted by Crippen LogP contribution is -2.57. The van der Waals surface area contributed by atoms with Crippen molar-refractivity contribution < 1.29 is 42.1 Å². The molecule has 4 N–H and O–H groups in total. The summed E-state index contributed by atoms with van der Waals surface area (Å²) < 4.78 is 58.7. The van der Waals surface area contributed by atoms with Crippen LogP contribution in [-0.4, -0.2) is 105 Å². The molecule has 4 heterocycles. The number of β-amino-alcohol motifs (C(OH)–C–C–N with tert-alkyl or cyclic N) is 1. The Balaban J connectivity index is 0.808. The fourth-order valence-corrected chi connectivity index (χ4v) is 10.6. The first kappa shape index (κ1) is 52.5. The molecule has 0 aliphatic carbocycles. The van der Waals surface area contributed by atoms with Crippen LogP contribution in [0.1, 0.15) is 121 Å². The van der Waals surface area contributed by atoms with E-state index in [4.69, 9.17) is 9.47 Å². The van der Waals surface area contributed by atoms with Crippen molar-refractivity contribution in [1.29, 1.82) is 0 Å². The molecule has 0 saturated carbocycles. The van der Waals surface area contributed by atoms with Crippen molar-refractivity contribution in [3.8, 4) is 16.2 Å². The van der Waals surface area contributed by atoms with Crippen molar-refractivity contribution in [3.05, 3.63) is 106 Å². The zero-order valence-electron chi connectivity index (χ0n) is 41.5. The van der Waals surface area contributed by atoms with Crippen LogP contribution in [0.5, 0.6) is 5.75 Å². The van der Waals surface area contributed by atoms with Crippen molar-refractivity contribution >= 4 is 40.0 Å². The number of thiazole rings is 1. The molecule has 1 saturated heterocycles. The van der Waals surface area contributed by atoms with Gasteiger partial charge in [0, 0.05) is 79.4 Å². The predicted molar refractivity (Wildman–Crippen MR) is 267 cm³/mol. The average molecular weight is 987 g/mol. The number of hydrogen-bond acceptors (Lipinski definition) is 9. The second kappa shape index (κ2) is 22.9. The van der Waals surface area contributed by atoms with E-state index >= 15 is 13.2 Å². The maximum absolute atomic E-state index is 16.0. The van der Waals surface area contributed by atoms with Gasteiger partial charge < -0.3 is 35.1 Å². The Morgan fingerprint density at radius 1 is 0.957 bits per heavy atom. The Morgan fingerprint density at radius 3 is 2.34 bits per heavy atom. The van der Waals surface area contributed by atoms with E-state index in [1.54, 1.807) is 11.3 Å². The standard InChI is InChI=1S/C54H69F3N6O6S/c1-33-25-40-39-15-12-13-16-43(39)60-47(40)48(63(33)31-54(6,7)57)46-41(55)27-38(28-42(46)56)69-24-23-68-22-14-10-8-9-11-17-45(65)61-50(53(3,4)5)52(67)62-30-37(64)26-44(62)51(66)58-29-35-18-20-36(21-19-35)49-34(2)59-32-70-49/h12-13,15-16,18-21,27-28,32-33,37,44,48,50,60,64H,8-11,14,17,22-26,29-31H2,1-7H3,(H,58,66)(H,61,65)/t33-,37-,44+,48-,50-/m1/s1. The van der Waals surface area contributed by atoms with Crippen molar-refractivity contribution in [2.45, 2.75) is 142 Å². The summed E-state index contributed by atoms with van der Waals surface area (Å²) in [5.41, 5.74) is 4.84. The number of nitrogens with one attached hydrogen (secondary N) is 3. The molecule has 3 amide bonds. The molecule has 16 heteroatoms. The number of unbranched alkanes of at least 4 members (excludes halogenated alkanes) is 4. The number of aryl methyl sites for hydroxylation is 1. The summed E-state index contributed by atoms with van der Waals surface area (Å²) >= 11 is 1.57. The van der Waals surface area contributed by atoms with Gasteiger partial charge in [0.2, 0.25) is 17.7 Å². The Labute approximate surface area is 413 Å². The molecule has 5 aromatic rings. The van der Waals surface area contributed by atoms with E-state index in [9.17, 15) is 19.5 Å². The number of rotatable bonds is 21. The molecule has 70 heavy (non-hydrogen) atoms. The summed E-state index contributed by atoms with van der Waals surface area (Å²) in [5.74, 6) is -2.50. The van der Waals surface area contributed by atoms with Crippen LogP contribution in [0.3, 0.4) is 0 Å². The van der Waals surface area contributed by atoms with Crippen LogP contribution >= 0.6 is 11.3 Å². The van der Waals surface area contributed by atoms with E-state index in [1.807, 2.05) is 93.6 Å². The number of aromatic nitrogens is 2. The number of fused-ring (bicyclic) bond motifs is 3. The first-order chi connectivity index (χ1) is 33.3. The molecule has 3 aromatic carbocycles. The number of benzene rings is 3. The highest BCUT2D eigenvalue weighted by atomic mass is 32.1. The van der Waals surface area contributed by atoms with Gasteiger partial charge >= 0.3 is 0 Å².